The number of halogens is 2. The van der Waals surface area contributed by atoms with Crippen LogP contribution in [-0.2, 0) is 0 Å². The highest BCUT2D eigenvalue weighted by atomic mass is 19.1. The van der Waals surface area contributed by atoms with Crippen molar-refractivity contribution >= 4 is 0 Å². The molecule has 0 aromatic heterocycles. The highest BCUT2D eigenvalue weighted by molar-refractivity contribution is 5.14. The molecule has 1 aliphatic rings. The predicted molar refractivity (Wildman–Crippen MR) is 25.0 cm³/mol. The number of hydrogen-bond donors (Lipinski definition) is 1. The zero-order valence-electron chi connectivity index (χ0n) is 3.91. The smallest absolute Gasteiger partial charge is 0.237 e. The molecule has 1 N–H and O–H groups in total. The van der Waals surface area contributed by atoms with Crippen LogP contribution in [0.4, 0.5) is 8.78 Å². The fourth-order valence-corrected chi connectivity index (χ4v) is 0.371. The van der Waals surface area contributed by atoms with Crippen molar-refractivity contribution in [2.45, 2.75) is 0 Å². The van der Waals surface area contributed by atoms with Crippen LogP contribution in [0.1, 0.15) is 0 Å². The number of allylic oxidation sites excluding steroid dienone is 2. The second-order valence-corrected chi connectivity index (χ2v) is 1.26. The fourth-order valence-electron chi connectivity index (χ4n) is 0.371. The van der Waals surface area contributed by atoms with Gasteiger partial charge in [-0.1, -0.05) is 5.73 Å². The van der Waals surface area contributed by atoms with Gasteiger partial charge in [-0.05, 0) is 12.2 Å². The summed E-state index contributed by atoms with van der Waals surface area (Å²) in [4.78, 5) is 0. The van der Waals surface area contributed by atoms with Gasteiger partial charge in [0.1, 0.15) is 0 Å². The molecule has 1 heterocycles. The molecule has 0 unspecified atom stereocenters. The van der Waals surface area contributed by atoms with Crippen molar-refractivity contribution in [2.24, 2.45) is 0 Å². The molecule has 0 atom stereocenters. The van der Waals surface area contributed by atoms with Crippen molar-refractivity contribution in [3.8, 4) is 0 Å². The maximum absolute atomic E-state index is 11.9. The Morgan fingerprint density at radius 1 is 1.50 bits per heavy atom. The van der Waals surface area contributed by atoms with Gasteiger partial charge in [0.05, 0.1) is 0 Å². The third-order valence-electron chi connectivity index (χ3n) is 0.669. The van der Waals surface area contributed by atoms with E-state index in [1.54, 1.807) is 5.32 Å². The van der Waals surface area contributed by atoms with Crippen LogP contribution in [0.5, 0.6) is 0 Å². The van der Waals surface area contributed by atoms with Gasteiger partial charge in [-0.15, -0.1) is 0 Å². The second kappa shape index (κ2) is 1.80. The SMILES string of the molecule is FC1=C=CC=C(F)N1. The van der Waals surface area contributed by atoms with Crippen LogP contribution in [0.15, 0.2) is 29.8 Å². The molecule has 0 aliphatic carbocycles. The zero-order valence-corrected chi connectivity index (χ0v) is 3.91. The molecule has 0 bridgehead atoms. The average Bonchev–Trinajstić information content (AvgIpc) is 1.64. The first kappa shape index (κ1) is 5.06. The van der Waals surface area contributed by atoms with E-state index in [1.165, 1.54) is 6.08 Å². The Hall–Kier alpha value is -1.08. The van der Waals surface area contributed by atoms with E-state index in [0.29, 0.717) is 0 Å². The third-order valence-corrected chi connectivity index (χ3v) is 0.669. The quantitative estimate of drug-likeness (QED) is 0.371. The minimum absolute atomic E-state index is 0.693. The summed E-state index contributed by atoms with van der Waals surface area (Å²) in [6, 6.07) is 0. The van der Waals surface area contributed by atoms with Crippen LogP contribution in [0.3, 0.4) is 0 Å². The number of nitrogens with one attached hydrogen (secondary N) is 1. The molecule has 0 saturated heterocycles. The summed E-state index contributed by atoms with van der Waals surface area (Å²) in [7, 11) is 0. The van der Waals surface area contributed by atoms with Crippen LogP contribution in [0, 0.1) is 0 Å². The molecule has 0 amide bonds. The number of rotatable bonds is 0. The molecule has 42 valence electrons. The molecule has 0 radical (unpaired) electrons. The van der Waals surface area contributed by atoms with Gasteiger partial charge < -0.3 is 5.32 Å². The summed E-state index contributed by atoms with van der Waals surface area (Å²) in [6.45, 7) is 0. The summed E-state index contributed by atoms with van der Waals surface area (Å²) in [6.07, 6.45) is 2.25. The van der Waals surface area contributed by atoms with Crippen molar-refractivity contribution in [1.82, 2.24) is 5.32 Å². The fraction of sp³-hybridized carbons (Fsp3) is 0. The summed E-state index contributed by atoms with van der Waals surface area (Å²) in [5.74, 6) is -1.48. The molecule has 0 aromatic carbocycles. The van der Waals surface area contributed by atoms with Gasteiger partial charge >= 0.3 is 0 Å². The van der Waals surface area contributed by atoms with Gasteiger partial charge in [0.25, 0.3) is 0 Å². The minimum atomic E-state index is -0.787. The Morgan fingerprint density at radius 2 is 2.25 bits per heavy atom. The van der Waals surface area contributed by atoms with E-state index in [4.69, 9.17) is 0 Å². The van der Waals surface area contributed by atoms with E-state index in [1.807, 2.05) is 0 Å². The number of hydrogen-bond acceptors (Lipinski definition) is 1. The Bertz CT molecular complexity index is 187. The van der Waals surface area contributed by atoms with Crippen molar-refractivity contribution in [3.63, 3.8) is 0 Å². The summed E-state index contributed by atoms with van der Waals surface area (Å²) in [5.41, 5.74) is 2.11. The van der Waals surface area contributed by atoms with Crippen LogP contribution in [0.2, 0.25) is 0 Å². The van der Waals surface area contributed by atoms with E-state index in [2.05, 4.69) is 5.73 Å². The lowest BCUT2D eigenvalue weighted by molar-refractivity contribution is 0.496. The highest BCUT2D eigenvalue weighted by Gasteiger charge is 1.97. The zero-order chi connectivity index (χ0) is 5.98. The molecule has 1 nitrogen and oxygen atoms in total. The minimum Gasteiger partial charge on any atom is -0.302 e. The summed E-state index contributed by atoms with van der Waals surface area (Å²) in [5, 5.41) is 1.78. The Kier molecular flexibility index (Phi) is 1.14. The third kappa shape index (κ3) is 0.950. The molecule has 0 saturated carbocycles. The Labute approximate surface area is 45.0 Å². The first-order valence-electron chi connectivity index (χ1n) is 2.04. The van der Waals surface area contributed by atoms with E-state index in [-0.39, 0.29) is 0 Å². The molecule has 0 fully saturated rings. The normalized spacial score (nSPS) is 16.8. The Morgan fingerprint density at radius 3 is 2.62 bits per heavy atom. The van der Waals surface area contributed by atoms with Crippen LogP contribution < -0.4 is 5.32 Å². The largest absolute Gasteiger partial charge is 0.302 e. The van der Waals surface area contributed by atoms with Gasteiger partial charge in [-0.2, -0.15) is 8.78 Å². The molecular formula is C5H3F2N. The molecule has 0 spiro atoms. The molecule has 1 aliphatic heterocycles. The van der Waals surface area contributed by atoms with E-state index >= 15 is 0 Å². The maximum Gasteiger partial charge on any atom is 0.237 e. The van der Waals surface area contributed by atoms with Gasteiger partial charge in [0.2, 0.25) is 5.95 Å². The van der Waals surface area contributed by atoms with E-state index < -0.39 is 11.9 Å². The maximum atomic E-state index is 11.9. The van der Waals surface area contributed by atoms with Crippen molar-refractivity contribution in [2.75, 3.05) is 0 Å². The lowest BCUT2D eigenvalue weighted by Gasteiger charge is -1.97. The molecule has 3 heteroatoms. The molecular weight excluding hydrogens is 112 g/mol. The molecule has 1 rings (SSSR count). The van der Waals surface area contributed by atoms with Gasteiger partial charge in [-0.25, -0.2) is 0 Å². The lowest BCUT2D eigenvalue weighted by atomic mass is 10.5. The van der Waals surface area contributed by atoms with Gasteiger partial charge in [0, 0.05) is 0 Å². The van der Waals surface area contributed by atoms with Crippen LogP contribution >= 0.6 is 0 Å². The highest BCUT2D eigenvalue weighted by Crippen LogP contribution is 2.01. The first-order chi connectivity index (χ1) is 3.79. The summed E-state index contributed by atoms with van der Waals surface area (Å²) < 4.78 is 23.7. The van der Waals surface area contributed by atoms with E-state index in [9.17, 15) is 8.78 Å². The van der Waals surface area contributed by atoms with Crippen molar-refractivity contribution in [1.29, 1.82) is 0 Å². The van der Waals surface area contributed by atoms with Crippen molar-refractivity contribution < 1.29 is 8.78 Å². The van der Waals surface area contributed by atoms with Gasteiger partial charge in [-0.3, -0.25) is 0 Å². The average molecular weight is 115 g/mol. The second-order valence-electron chi connectivity index (χ2n) is 1.26. The van der Waals surface area contributed by atoms with Crippen LogP contribution in [-0.4, -0.2) is 0 Å². The van der Waals surface area contributed by atoms with E-state index in [0.717, 1.165) is 6.08 Å². The van der Waals surface area contributed by atoms with Crippen LogP contribution in [0.25, 0.3) is 0 Å². The summed E-state index contributed by atoms with van der Waals surface area (Å²) >= 11 is 0. The standard InChI is InChI=1S/C5H3F2N/c6-4-2-1-3-5(7)8-4/h1-2,8H. The Balaban J connectivity index is 2.83. The molecule has 0 aromatic rings. The van der Waals surface area contributed by atoms with Gasteiger partial charge in [0.15, 0.2) is 5.95 Å². The predicted octanol–water partition coefficient (Wildman–Crippen LogP) is 1.37. The topological polar surface area (TPSA) is 12.0 Å². The monoisotopic (exact) mass is 115 g/mol. The molecule has 8 heavy (non-hydrogen) atoms. The van der Waals surface area contributed by atoms with Crippen molar-refractivity contribution in [3.05, 3.63) is 29.8 Å². The lowest BCUT2D eigenvalue weighted by Crippen LogP contribution is -2.06. The first-order valence-corrected chi connectivity index (χ1v) is 2.04.